The summed E-state index contributed by atoms with van der Waals surface area (Å²) in [6.45, 7) is 0. The van der Waals surface area contributed by atoms with E-state index in [9.17, 15) is 4.39 Å². The second-order valence-electron chi connectivity index (χ2n) is 3.64. The van der Waals surface area contributed by atoms with Crippen molar-refractivity contribution in [3.8, 4) is 17.0 Å². The lowest BCUT2D eigenvalue weighted by Crippen LogP contribution is -1.95. The Hall–Kier alpha value is -0.450. The van der Waals surface area contributed by atoms with Gasteiger partial charge in [0.15, 0.2) is 0 Å². The summed E-state index contributed by atoms with van der Waals surface area (Å²) in [5, 5.41) is -0.0104. The lowest BCUT2D eigenvalue weighted by Gasteiger charge is -2.13. The Labute approximate surface area is 139 Å². The Morgan fingerprint density at radius 1 is 0.900 bits per heavy atom. The molecular weight excluding hydrogens is 370 g/mol. The molecule has 0 saturated heterocycles. The van der Waals surface area contributed by atoms with Crippen LogP contribution in [0.2, 0.25) is 25.1 Å². The number of aromatic nitrogens is 1. The van der Waals surface area contributed by atoms with Crippen LogP contribution in [-0.4, -0.2) is 12.1 Å². The van der Waals surface area contributed by atoms with Gasteiger partial charge in [-0.05, 0) is 6.07 Å². The van der Waals surface area contributed by atoms with Crippen molar-refractivity contribution < 1.29 is 9.13 Å². The molecule has 1 aromatic carbocycles. The summed E-state index contributed by atoms with van der Waals surface area (Å²) in [5.74, 6) is -0.702. The minimum Gasteiger partial charge on any atom is -0.481 e. The van der Waals surface area contributed by atoms with Gasteiger partial charge in [-0.25, -0.2) is 0 Å². The number of pyridine rings is 1. The summed E-state index contributed by atoms with van der Waals surface area (Å²) < 4.78 is 18.8. The van der Waals surface area contributed by atoms with Gasteiger partial charge in [-0.2, -0.15) is 9.37 Å². The number of hydrogen-bond donors (Lipinski definition) is 0. The minimum absolute atomic E-state index is 0.00284. The topological polar surface area (TPSA) is 22.1 Å². The highest BCUT2D eigenvalue weighted by Gasteiger charge is 2.23. The number of methoxy groups -OCH3 is 1. The number of nitrogens with zero attached hydrogens (tertiary/aromatic N) is 1. The highest BCUT2D eigenvalue weighted by molar-refractivity contribution is 6.56. The fourth-order valence-corrected chi connectivity index (χ4v) is 2.90. The Morgan fingerprint density at radius 2 is 1.40 bits per heavy atom. The van der Waals surface area contributed by atoms with Crippen LogP contribution in [0.15, 0.2) is 12.1 Å². The summed E-state index contributed by atoms with van der Waals surface area (Å²) in [5.41, 5.74) is 0.168. The molecule has 1 heterocycles. The first kappa shape index (κ1) is 15.9. The van der Waals surface area contributed by atoms with Gasteiger partial charge >= 0.3 is 0 Å². The second kappa shape index (κ2) is 6.12. The van der Waals surface area contributed by atoms with Crippen molar-refractivity contribution in [2.75, 3.05) is 7.11 Å². The molecule has 0 spiro atoms. The maximum Gasteiger partial charge on any atom is 0.224 e. The first-order valence-electron chi connectivity index (χ1n) is 5.10. The highest BCUT2D eigenvalue weighted by Crippen LogP contribution is 2.48. The van der Waals surface area contributed by atoms with Crippen LogP contribution in [0, 0.1) is 5.95 Å². The van der Waals surface area contributed by atoms with Crippen molar-refractivity contribution in [2.24, 2.45) is 0 Å². The van der Waals surface area contributed by atoms with E-state index >= 15 is 0 Å². The first-order chi connectivity index (χ1) is 9.38. The molecule has 0 fully saturated rings. The van der Waals surface area contributed by atoms with Gasteiger partial charge in [0.2, 0.25) is 11.8 Å². The standard InChI is InChI=1S/C12H5Cl5FNO/c1-20-5-3-2-4(12(18)19-5)6-7(13)9(15)11(17)10(16)8(6)14/h2-3H,1H3. The third-order valence-corrected chi connectivity index (χ3v) is 4.79. The molecular formula is C12H5Cl5FNO. The molecule has 106 valence electrons. The van der Waals surface area contributed by atoms with Crippen LogP contribution in [0.25, 0.3) is 11.1 Å². The van der Waals surface area contributed by atoms with Crippen LogP contribution in [0.5, 0.6) is 5.88 Å². The van der Waals surface area contributed by atoms with E-state index in [2.05, 4.69) is 4.98 Å². The van der Waals surface area contributed by atoms with Crippen LogP contribution in [0.1, 0.15) is 0 Å². The maximum absolute atomic E-state index is 14.0. The van der Waals surface area contributed by atoms with Crippen molar-refractivity contribution in [2.45, 2.75) is 0 Å². The van der Waals surface area contributed by atoms with Gasteiger partial charge in [-0.15, -0.1) is 0 Å². The molecule has 1 aromatic heterocycles. The van der Waals surface area contributed by atoms with Gasteiger partial charge < -0.3 is 4.74 Å². The fraction of sp³-hybridized carbons (Fsp3) is 0.0833. The summed E-state index contributed by atoms with van der Waals surface area (Å²) >= 11 is 29.9. The van der Waals surface area contributed by atoms with E-state index in [0.29, 0.717) is 0 Å². The van der Waals surface area contributed by atoms with Crippen molar-refractivity contribution in [1.82, 2.24) is 4.98 Å². The van der Waals surface area contributed by atoms with Gasteiger partial charge in [0, 0.05) is 17.2 Å². The van der Waals surface area contributed by atoms with Gasteiger partial charge in [-0.1, -0.05) is 58.0 Å². The molecule has 20 heavy (non-hydrogen) atoms. The normalized spacial score (nSPS) is 10.8. The molecule has 2 rings (SSSR count). The Kier molecular flexibility index (Phi) is 4.88. The smallest absolute Gasteiger partial charge is 0.224 e. The largest absolute Gasteiger partial charge is 0.481 e. The van der Waals surface area contributed by atoms with Crippen LogP contribution >= 0.6 is 58.0 Å². The number of rotatable bonds is 2. The molecule has 0 saturated carbocycles. The summed E-state index contributed by atoms with van der Waals surface area (Å²) in [6, 6.07) is 2.87. The van der Waals surface area contributed by atoms with E-state index < -0.39 is 5.95 Å². The molecule has 0 unspecified atom stereocenters. The molecule has 0 aliphatic rings. The molecule has 0 bridgehead atoms. The molecule has 0 N–H and O–H groups in total. The lowest BCUT2D eigenvalue weighted by atomic mass is 10.1. The zero-order valence-corrected chi connectivity index (χ0v) is 13.6. The second-order valence-corrected chi connectivity index (χ2v) is 5.53. The Bertz CT molecular complexity index is 663. The molecule has 0 aliphatic carbocycles. The van der Waals surface area contributed by atoms with Gasteiger partial charge in [0.25, 0.3) is 0 Å². The van der Waals surface area contributed by atoms with Crippen molar-refractivity contribution >= 4 is 58.0 Å². The van der Waals surface area contributed by atoms with E-state index in [4.69, 9.17) is 62.7 Å². The molecule has 2 aromatic rings. The molecule has 0 aliphatic heterocycles. The van der Waals surface area contributed by atoms with Crippen LogP contribution in [0.4, 0.5) is 4.39 Å². The van der Waals surface area contributed by atoms with E-state index in [1.165, 1.54) is 19.2 Å². The van der Waals surface area contributed by atoms with Crippen molar-refractivity contribution in [3.05, 3.63) is 43.2 Å². The molecule has 0 amide bonds. The number of halogens is 6. The highest BCUT2D eigenvalue weighted by atomic mass is 35.5. The van der Waals surface area contributed by atoms with Crippen LogP contribution in [-0.2, 0) is 0 Å². The van der Waals surface area contributed by atoms with E-state index in [1.807, 2.05) is 0 Å². The molecule has 0 atom stereocenters. The summed E-state index contributed by atoms with van der Waals surface area (Å²) in [4.78, 5) is 3.61. The van der Waals surface area contributed by atoms with E-state index in [-0.39, 0.29) is 42.1 Å². The first-order valence-corrected chi connectivity index (χ1v) is 6.99. The summed E-state index contributed by atoms with van der Waals surface area (Å²) in [6.07, 6.45) is 0. The van der Waals surface area contributed by atoms with Gasteiger partial charge in [0.05, 0.1) is 32.2 Å². The van der Waals surface area contributed by atoms with Gasteiger partial charge in [-0.3, -0.25) is 0 Å². The predicted octanol–water partition coefficient (Wildman–Crippen LogP) is 6.16. The molecule has 8 heteroatoms. The number of benzene rings is 1. The fourth-order valence-electron chi connectivity index (χ4n) is 1.56. The third kappa shape index (κ3) is 2.66. The van der Waals surface area contributed by atoms with E-state index in [1.54, 1.807) is 0 Å². The number of hydrogen-bond acceptors (Lipinski definition) is 2. The van der Waals surface area contributed by atoms with E-state index in [0.717, 1.165) is 0 Å². The van der Waals surface area contributed by atoms with Crippen LogP contribution in [0.3, 0.4) is 0 Å². The average molecular weight is 375 g/mol. The quantitative estimate of drug-likeness (QED) is 0.356. The maximum atomic E-state index is 14.0. The zero-order chi connectivity index (χ0) is 15.0. The Balaban J connectivity index is 2.76. The van der Waals surface area contributed by atoms with Crippen molar-refractivity contribution in [3.63, 3.8) is 0 Å². The molecule has 2 nitrogen and oxygen atoms in total. The lowest BCUT2D eigenvalue weighted by molar-refractivity contribution is 0.388. The summed E-state index contributed by atoms with van der Waals surface area (Å²) in [7, 11) is 1.37. The van der Waals surface area contributed by atoms with Crippen molar-refractivity contribution in [1.29, 1.82) is 0 Å². The zero-order valence-electron chi connectivity index (χ0n) is 9.78. The third-order valence-electron chi connectivity index (χ3n) is 2.51. The number of ether oxygens (including phenoxy) is 1. The molecule has 0 radical (unpaired) electrons. The predicted molar refractivity (Wildman–Crippen MR) is 81.2 cm³/mol. The van der Waals surface area contributed by atoms with Gasteiger partial charge in [0.1, 0.15) is 0 Å². The monoisotopic (exact) mass is 373 g/mol. The minimum atomic E-state index is -0.817. The Morgan fingerprint density at radius 3 is 1.85 bits per heavy atom. The average Bonchev–Trinajstić information content (AvgIpc) is 2.44. The SMILES string of the molecule is COc1ccc(-c2c(Cl)c(Cl)c(Cl)c(Cl)c2Cl)c(F)n1. The van der Waals surface area contributed by atoms with Crippen LogP contribution < -0.4 is 4.74 Å².